The number of carbonyl (C=O) groups excluding carboxylic acids is 2. The number of hydrogen-bond acceptors (Lipinski definition) is 5. The average molecular weight is 252 g/mol. The van der Waals surface area contributed by atoms with Gasteiger partial charge in [-0.05, 0) is 20.8 Å². The zero-order valence-electron chi connectivity index (χ0n) is 9.21. The highest BCUT2D eigenvalue weighted by Gasteiger charge is 2.62. The molecule has 1 atom stereocenters. The normalized spacial score (nSPS) is 15.4. The van der Waals surface area contributed by atoms with Gasteiger partial charge in [-0.15, -0.1) is 0 Å². The Morgan fingerprint density at radius 3 is 2.00 bits per heavy atom. The summed E-state index contributed by atoms with van der Waals surface area (Å²) >= 11 is 0. The van der Waals surface area contributed by atoms with E-state index in [1.54, 1.807) is 0 Å². The summed E-state index contributed by atoms with van der Waals surface area (Å²) in [6.07, 6.45) is -5.17. The van der Waals surface area contributed by atoms with Gasteiger partial charge in [0.15, 0.2) is 5.60 Å². The summed E-state index contributed by atoms with van der Waals surface area (Å²) < 4.78 is 45.5. The molecule has 0 spiro atoms. The van der Waals surface area contributed by atoms with Gasteiger partial charge in [-0.3, -0.25) is 0 Å². The second-order valence-corrected chi connectivity index (χ2v) is 3.73. The van der Waals surface area contributed by atoms with Crippen LogP contribution in [0.4, 0.5) is 13.2 Å². The van der Waals surface area contributed by atoms with Gasteiger partial charge in [-0.2, -0.15) is 18.4 Å². The van der Waals surface area contributed by atoms with Crippen molar-refractivity contribution in [2.75, 3.05) is 0 Å². The number of ether oxygens (including phenoxy) is 2. The minimum Gasteiger partial charge on any atom is -0.441 e. The zero-order valence-corrected chi connectivity index (χ0v) is 9.21. The molecular weight excluding hydrogens is 243 g/mol. The van der Waals surface area contributed by atoms with Crippen LogP contribution in [0.25, 0.3) is 0 Å². The summed E-state index contributed by atoms with van der Waals surface area (Å²) in [6, 6.07) is 1.47. The molecule has 0 rings (SSSR count). The SMILES string of the molecule is CC(C)(C#N)OC(=O)C(C)(O[C]=O)C(F)(F)F. The van der Waals surface area contributed by atoms with Crippen LogP contribution in [0, 0.1) is 11.3 Å². The molecule has 17 heavy (non-hydrogen) atoms. The topological polar surface area (TPSA) is 76.4 Å². The van der Waals surface area contributed by atoms with Crippen molar-refractivity contribution in [3.05, 3.63) is 0 Å². The van der Waals surface area contributed by atoms with Gasteiger partial charge in [0.05, 0.1) is 0 Å². The van der Waals surface area contributed by atoms with Crippen molar-refractivity contribution in [2.24, 2.45) is 0 Å². The molecular formula is C9H9F3NO4. The van der Waals surface area contributed by atoms with Gasteiger partial charge in [0, 0.05) is 0 Å². The monoisotopic (exact) mass is 252 g/mol. The Morgan fingerprint density at radius 1 is 1.24 bits per heavy atom. The van der Waals surface area contributed by atoms with Crippen LogP contribution in [0.3, 0.4) is 0 Å². The Balaban J connectivity index is 5.19. The number of esters is 1. The lowest BCUT2D eigenvalue weighted by atomic mass is 10.1. The number of carbonyl (C=O) groups is 1. The molecule has 0 saturated heterocycles. The van der Waals surface area contributed by atoms with Crippen LogP contribution in [0.2, 0.25) is 0 Å². The number of halogens is 3. The molecule has 0 amide bonds. The highest BCUT2D eigenvalue weighted by atomic mass is 19.4. The van der Waals surface area contributed by atoms with Crippen LogP contribution in [0.15, 0.2) is 0 Å². The maximum atomic E-state index is 12.5. The second-order valence-electron chi connectivity index (χ2n) is 3.73. The number of alkyl halides is 3. The molecule has 1 unspecified atom stereocenters. The first kappa shape index (κ1) is 15.2. The quantitative estimate of drug-likeness (QED) is 0.703. The first-order valence-electron chi connectivity index (χ1n) is 4.27. The zero-order chi connectivity index (χ0) is 13.9. The van der Waals surface area contributed by atoms with Gasteiger partial charge in [-0.25, -0.2) is 9.59 Å². The smallest absolute Gasteiger partial charge is 0.439 e. The van der Waals surface area contributed by atoms with E-state index in [1.807, 2.05) is 0 Å². The van der Waals surface area contributed by atoms with Gasteiger partial charge >= 0.3 is 18.6 Å². The molecule has 1 radical (unpaired) electrons. The fourth-order valence-electron chi connectivity index (χ4n) is 0.651. The summed E-state index contributed by atoms with van der Waals surface area (Å²) in [5, 5.41) is 8.51. The van der Waals surface area contributed by atoms with E-state index < -0.39 is 23.3 Å². The molecule has 0 heterocycles. The van der Waals surface area contributed by atoms with E-state index in [1.165, 1.54) is 6.07 Å². The van der Waals surface area contributed by atoms with Gasteiger partial charge in [0.2, 0.25) is 0 Å². The van der Waals surface area contributed by atoms with Crippen LogP contribution >= 0.6 is 0 Å². The van der Waals surface area contributed by atoms with Crippen LogP contribution in [-0.4, -0.2) is 29.8 Å². The lowest BCUT2D eigenvalue weighted by Crippen LogP contribution is -2.54. The number of nitriles is 1. The van der Waals surface area contributed by atoms with E-state index in [0.717, 1.165) is 13.8 Å². The van der Waals surface area contributed by atoms with Gasteiger partial charge < -0.3 is 9.47 Å². The second kappa shape index (κ2) is 4.61. The third-order valence-corrected chi connectivity index (χ3v) is 1.79. The molecule has 5 nitrogen and oxygen atoms in total. The average Bonchev–Trinajstić information content (AvgIpc) is 2.15. The summed E-state index contributed by atoms with van der Waals surface area (Å²) in [5.41, 5.74) is -5.25. The first-order valence-corrected chi connectivity index (χ1v) is 4.27. The van der Waals surface area contributed by atoms with Crippen molar-refractivity contribution in [1.29, 1.82) is 5.26 Å². The maximum absolute atomic E-state index is 12.5. The Bertz CT molecular complexity index is 358. The maximum Gasteiger partial charge on any atom is 0.439 e. The highest BCUT2D eigenvalue weighted by Crippen LogP contribution is 2.35. The standard InChI is InChI=1S/C9H9F3NO4/c1-7(2,4-13)17-6(15)8(3,16-5-14)9(10,11)12/h1-3H3. The van der Waals surface area contributed by atoms with Crippen molar-refractivity contribution in [3.63, 3.8) is 0 Å². The summed E-state index contributed by atoms with van der Waals surface area (Å²) in [5.74, 6) is -1.89. The van der Waals surface area contributed by atoms with Crippen molar-refractivity contribution < 1.29 is 32.2 Å². The molecule has 0 aromatic rings. The Hall–Kier alpha value is -1.78. The highest BCUT2D eigenvalue weighted by molar-refractivity contribution is 5.82. The van der Waals surface area contributed by atoms with Gasteiger partial charge in [0.1, 0.15) is 6.07 Å². The van der Waals surface area contributed by atoms with Crippen LogP contribution in [-0.2, 0) is 19.1 Å². The predicted molar refractivity (Wildman–Crippen MR) is 47.0 cm³/mol. The first-order chi connectivity index (χ1) is 7.50. The number of nitrogens with zero attached hydrogens (tertiary/aromatic N) is 1. The fourth-order valence-corrected chi connectivity index (χ4v) is 0.651. The van der Waals surface area contributed by atoms with Gasteiger partial charge in [-0.1, -0.05) is 0 Å². The largest absolute Gasteiger partial charge is 0.441 e. The number of hydrogen-bond donors (Lipinski definition) is 0. The van der Waals surface area contributed by atoms with Gasteiger partial charge in [0.25, 0.3) is 5.60 Å². The fraction of sp³-hybridized carbons (Fsp3) is 0.667. The van der Waals surface area contributed by atoms with E-state index in [-0.39, 0.29) is 0 Å². The van der Waals surface area contributed by atoms with Crippen LogP contribution in [0.5, 0.6) is 0 Å². The molecule has 0 aliphatic carbocycles. The lowest BCUT2D eigenvalue weighted by Gasteiger charge is -2.29. The summed E-state index contributed by atoms with van der Waals surface area (Å²) in [4.78, 5) is 21.2. The summed E-state index contributed by atoms with van der Waals surface area (Å²) in [7, 11) is 0. The Morgan fingerprint density at radius 2 is 1.71 bits per heavy atom. The molecule has 0 fully saturated rings. The van der Waals surface area contributed by atoms with E-state index >= 15 is 0 Å². The molecule has 0 aromatic carbocycles. The molecule has 0 bridgehead atoms. The molecule has 95 valence electrons. The lowest BCUT2D eigenvalue weighted by molar-refractivity contribution is -0.254. The molecule has 0 aliphatic rings. The number of rotatable bonds is 4. The molecule has 8 heteroatoms. The minimum atomic E-state index is -5.17. The predicted octanol–water partition coefficient (Wildman–Crippen LogP) is 1.24. The van der Waals surface area contributed by atoms with Crippen molar-refractivity contribution in [1.82, 2.24) is 0 Å². The summed E-state index contributed by atoms with van der Waals surface area (Å²) in [6.45, 7) is 3.04. The van der Waals surface area contributed by atoms with E-state index in [9.17, 15) is 22.8 Å². The minimum absolute atomic E-state index is 0.313. The molecule has 0 aromatic heterocycles. The van der Waals surface area contributed by atoms with Crippen molar-refractivity contribution >= 4 is 12.4 Å². The molecule has 0 N–H and O–H groups in total. The molecule has 0 aliphatic heterocycles. The van der Waals surface area contributed by atoms with E-state index in [0.29, 0.717) is 13.4 Å². The van der Waals surface area contributed by atoms with Crippen LogP contribution in [0.1, 0.15) is 20.8 Å². The van der Waals surface area contributed by atoms with E-state index in [4.69, 9.17) is 5.26 Å². The van der Waals surface area contributed by atoms with Crippen molar-refractivity contribution in [3.8, 4) is 6.07 Å². The van der Waals surface area contributed by atoms with E-state index in [2.05, 4.69) is 9.47 Å². The third-order valence-electron chi connectivity index (χ3n) is 1.79. The van der Waals surface area contributed by atoms with Crippen LogP contribution < -0.4 is 0 Å². The Labute approximate surface area is 95.1 Å². The third kappa shape index (κ3) is 3.34. The molecule has 0 saturated carbocycles. The Kier molecular flexibility index (Phi) is 4.13. The van der Waals surface area contributed by atoms with Crippen molar-refractivity contribution in [2.45, 2.75) is 38.1 Å².